The highest BCUT2D eigenvalue weighted by Gasteiger charge is 2.20. The van der Waals surface area contributed by atoms with Crippen molar-refractivity contribution in [3.63, 3.8) is 0 Å². The van der Waals surface area contributed by atoms with Gasteiger partial charge in [0.15, 0.2) is 0 Å². The quantitative estimate of drug-likeness (QED) is 0.591. The van der Waals surface area contributed by atoms with E-state index in [4.69, 9.17) is 15.2 Å². The lowest BCUT2D eigenvalue weighted by Crippen LogP contribution is -2.55. The van der Waals surface area contributed by atoms with Gasteiger partial charge in [0.05, 0.1) is 37.7 Å². The molecule has 1 aliphatic heterocycles. The SMILES string of the molecule is CC(=O)NCc1ccc(OC(N)NC2COC2)cn1. The van der Waals surface area contributed by atoms with E-state index in [1.165, 1.54) is 6.92 Å². The first-order valence-electron chi connectivity index (χ1n) is 6.09. The summed E-state index contributed by atoms with van der Waals surface area (Å²) in [5.74, 6) is 0.489. The predicted octanol–water partition coefficient (Wildman–Crippen LogP) is -0.673. The number of rotatable bonds is 6. The van der Waals surface area contributed by atoms with E-state index in [9.17, 15) is 4.79 Å². The second-order valence-electron chi connectivity index (χ2n) is 4.33. The molecule has 2 heterocycles. The molecule has 19 heavy (non-hydrogen) atoms. The summed E-state index contributed by atoms with van der Waals surface area (Å²) in [6.45, 7) is 3.18. The van der Waals surface area contributed by atoms with E-state index in [0.717, 1.165) is 5.69 Å². The summed E-state index contributed by atoms with van der Waals surface area (Å²) in [6, 6.07) is 3.80. The Bertz CT molecular complexity index is 419. The van der Waals surface area contributed by atoms with Crippen LogP contribution < -0.4 is 21.1 Å². The third kappa shape index (κ3) is 4.47. The molecule has 7 heteroatoms. The van der Waals surface area contributed by atoms with Crippen molar-refractivity contribution >= 4 is 5.91 Å². The van der Waals surface area contributed by atoms with Gasteiger partial charge in [0.2, 0.25) is 12.3 Å². The molecule has 0 bridgehead atoms. The monoisotopic (exact) mass is 266 g/mol. The van der Waals surface area contributed by atoms with Crippen molar-refractivity contribution in [3.8, 4) is 5.75 Å². The van der Waals surface area contributed by atoms with Gasteiger partial charge in [0.1, 0.15) is 5.75 Å². The van der Waals surface area contributed by atoms with Gasteiger partial charge < -0.3 is 14.8 Å². The van der Waals surface area contributed by atoms with Crippen LogP contribution in [0, 0.1) is 0 Å². The average molecular weight is 266 g/mol. The third-order valence-electron chi connectivity index (χ3n) is 2.62. The molecule has 1 aromatic heterocycles. The van der Waals surface area contributed by atoms with Crippen LogP contribution in [0.2, 0.25) is 0 Å². The maximum Gasteiger partial charge on any atom is 0.217 e. The molecule has 1 saturated heterocycles. The molecule has 0 radical (unpaired) electrons. The molecule has 4 N–H and O–H groups in total. The predicted molar refractivity (Wildman–Crippen MR) is 68.1 cm³/mol. The third-order valence-corrected chi connectivity index (χ3v) is 2.62. The minimum Gasteiger partial charge on any atom is -0.461 e. The number of hydrogen-bond acceptors (Lipinski definition) is 6. The molecule has 0 spiro atoms. The van der Waals surface area contributed by atoms with E-state index in [1.54, 1.807) is 18.3 Å². The van der Waals surface area contributed by atoms with Crippen molar-refractivity contribution in [1.82, 2.24) is 15.6 Å². The van der Waals surface area contributed by atoms with Crippen molar-refractivity contribution < 1.29 is 14.3 Å². The number of ether oxygens (including phenoxy) is 2. The standard InChI is InChI=1S/C12H18N4O3/c1-8(17)14-4-9-2-3-11(5-15-9)19-12(13)16-10-6-18-7-10/h2-3,5,10,12,16H,4,6-7,13H2,1H3,(H,14,17). The van der Waals surface area contributed by atoms with Crippen LogP contribution >= 0.6 is 0 Å². The largest absolute Gasteiger partial charge is 0.461 e. The zero-order valence-electron chi connectivity index (χ0n) is 10.8. The highest BCUT2D eigenvalue weighted by Crippen LogP contribution is 2.10. The maximum atomic E-state index is 10.8. The van der Waals surface area contributed by atoms with Crippen LogP contribution in [0.5, 0.6) is 5.75 Å². The van der Waals surface area contributed by atoms with Crippen LogP contribution in [0.4, 0.5) is 0 Å². The zero-order chi connectivity index (χ0) is 13.7. The summed E-state index contributed by atoms with van der Waals surface area (Å²) in [7, 11) is 0. The molecule has 1 fully saturated rings. The Morgan fingerprint density at radius 1 is 1.63 bits per heavy atom. The summed E-state index contributed by atoms with van der Waals surface area (Å²) in [4.78, 5) is 14.9. The first-order chi connectivity index (χ1) is 9.13. The maximum absolute atomic E-state index is 10.8. The summed E-state index contributed by atoms with van der Waals surface area (Å²) >= 11 is 0. The highest BCUT2D eigenvalue weighted by atomic mass is 16.5. The molecule has 104 valence electrons. The van der Waals surface area contributed by atoms with Crippen LogP contribution in [-0.2, 0) is 16.1 Å². The normalized spacial score (nSPS) is 16.5. The van der Waals surface area contributed by atoms with Crippen LogP contribution in [0.3, 0.4) is 0 Å². The molecule has 1 aliphatic rings. The van der Waals surface area contributed by atoms with Gasteiger partial charge in [-0.1, -0.05) is 0 Å². The summed E-state index contributed by atoms with van der Waals surface area (Å²) in [6.07, 6.45) is 0.993. The van der Waals surface area contributed by atoms with Crippen LogP contribution in [0.1, 0.15) is 12.6 Å². The molecule has 0 aromatic carbocycles. The number of aromatic nitrogens is 1. The number of nitrogens with zero attached hydrogens (tertiary/aromatic N) is 1. The number of hydrogen-bond donors (Lipinski definition) is 3. The highest BCUT2D eigenvalue weighted by molar-refractivity contribution is 5.72. The van der Waals surface area contributed by atoms with Gasteiger partial charge in [0, 0.05) is 6.92 Å². The fourth-order valence-electron chi connectivity index (χ4n) is 1.55. The molecular weight excluding hydrogens is 248 g/mol. The van der Waals surface area contributed by atoms with Gasteiger partial charge in [0.25, 0.3) is 0 Å². The molecule has 1 atom stereocenters. The lowest BCUT2D eigenvalue weighted by atomic mass is 10.3. The van der Waals surface area contributed by atoms with Crippen molar-refractivity contribution in [2.75, 3.05) is 13.2 Å². The van der Waals surface area contributed by atoms with Crippen molar-refractivity contribution in [3.05, 3.63) is 24.0 Å². The fourth-order valence-corrected chi connectivity index (χ4v) is 1.55. The lowest BCUT2D eigenvalue weighted by Gasteiger charge is -2.29. The van der Waals surface area contributed by atoms with E-state index in [-0.39, 0.29) is 11.9 Å². The molecule has 1 aromatic rings. The van der Waals surface area contributed by atoms with E-state index in [0.29, 0.717) is 25.5 Å². The Balaban J connectivity index is 1.78. The Kier molecular flexibility index (Phi) is 4.67. The Morgan fingerprint density at radius 2 is 2.42 bits per heavy atom. The number of pyridine rings is 1. The topological polar surface area (TPSA) is 98.5 Å². The van der Waals surface area contributed by atoms with Gasteiger partial charge in [-0.15, -0.1) is 0 Å². The van der Waals surface area contributed by atoms with Gasteiger partial charge in [-0.25, -0.2) is 0 Å². The number of nitrogens with one attached hydrogen (secondary N) is 2. The van der Waals surface area contributed by atoms with Gasteiger partial charge in [-0.2, -0.15) is 0 Å². The van der Waals surface area contributed by atoms with Gasteiger partial charge >= 0.3 is 0 Å². The minimum atomic E-state index is -0.586. The first-order valence-corrected chi connectivity index (χ1v) is 6.09. The van der Waals surface area contributed by atoms with E-state index in [1.807, 2.05) is 0 Å². The van der Waals surface area contributed by atoms with E-state index < -0.39 is 6.35 Å². The Hall–Kier alpha value is -1.70. The molecule has 0 saturated carbocycles. The summed E-state index contributed by atoms with van der Waals surface area (Å²) in [5.41, 5.74) is 6.54. The van der Waals surface area contributed by atoms with Crippen LogP contribution in [0.25, 0.3) is 0 Å². The van der Waals surface area contributed by atoms with Crippen LogP contribution in [-0.4, -0.2) is 36.5 Å². The number of carbonyl (C=O) groups is 1. The molecule has 1 unspecified atom stereocenters. The number of carbonyl (C=O) groups excluding carboxylic acids is 1. The second kappa shape index (κ2) is 6.46. The molecular formula is C12H18N4O3. The Morgan fingerprint density at radius 3 is 2.95 bits per heavy atom. The Labute approximate surface area is 111 Å². The smallest absolute Gasteiger partial charge is 0.217 e. The van der Waals surface area contributed by atoms with E-state index in [2.05, 4.69) is 15.6 Å². The molecule has 7 nitrogen and oxygen atoms in total. The minimum absolute atomic E-state index is 0.0870. The van der Waals surface area contributed by atoms with Crippen molar-refractivity contribution in [2.24, 2.45) is 5.73 Å². The zero-order valence-corrected chi connectivity index (χ0v) is 10.8. The fraction of sp³-hybridized carbons (Fsp3) is 0.500. The van der Waals surface area contributed by atoms with Crippen molar-refractivity contribution in [2.45, 2.75) is 25.9 Å². The number of amides is 1. The van der Waals surface area contributed by atoms with Crippen molar-refractivity contribution in [1.29, 1.82) is 0 Å². The lowest BCUT2D eigenvalue weighted by molar-refractivity contribution is -0.119. The van der Waals surface area contributed by atoms with Gasteiger partial charge in [-0.3, -0.25) is 20.8 Å². The number of nitrogens with two attached hydrogens (primary N) is 1. The van der Waals surface area contributed by atoms with Gasteiger partial charge in [-0.05, 0) is 12.1 Å². The van der Waals surface area contributed by atoms with Crippen LogP contribution in [0.15, 0.2) is 18.3 Å². The summed E-state index contributed by atoms with van der Waals surface area (Å²) < 4.78 is 10.5. The van der Waals surface area contributed by atoms with E-state index >= 15 is 0 Å². The first kappa shape index (κ1) is 13.7. The molecule has 1 amide bonds. The molecule has 2 rings (SSSR count). The average Bonchev–Trinajstić information content (AvgIpc) is 2.33. The summed E-state index contributed by atoms with van der Waals surface area (Å²) in [5, 5.41) is 5.74. The molecule has 0 aliphatic carbocycles. The second-order valence-corrected chi connectivity index (χ2v) is 4.33.